The van der Waals surface area contributed by atoms with E-state index in [1.807, 2.05) is 60.8 Å². The number of nitrogens with zero attached hydrogens (tertiary/aromatic N) is 3. The second-order valence-electron chi connectivity index (χ2n) is 13.5. The van der Waals surface area contributed by atoms with Crippen LogP contribution in [0.1, 0.15) is 26.3 Å². The van der Waals surface area contributed by atoms with E-state index in [0.29, 0.717) is 5.89 Å². The third kappa shape index (κ3) is 3.86. The zero-order valence-corrected chi connectivity index (χ0v) is 26.1. The Labute approximate surface area is 271 Å². The van der Waals surface area contributed by atoms with Crippen LogP contribution in [0.25, 0.3) is 50.2 Å². The van der Waals surface area contributed by atoms with Gasteiger partial charge >= 0.3 is 0 Å². The molecule has 3 aromatic heterocycles. The van der Waals surface area contributed by atoms with Crippen LogP contribution in [0.15, 0.2) is 120 Å². The highest BCUT2D eigenvalue weighted by Crippen LogP contribution is 2.40. The van der Waals surface area contributed by atoms with E-state index in [4.69, 9.17) is 23.9 Å². The molecule has 0 amide bonds. The summed E-state index contributed by atoms with van der Waals surface area (Å²) in [6.07, 6.45) is 1.92. The fourth-order valence-electron chi connectivity index (χ4n) is 7.28. The molecule has 7 heteroatoms. The maximum atomic E-state index is 6.69. The fraction of sp³-hybridized carbons (Fsp3) is 0.100. The maximum Gasteiger partial charge on any atom is 0.260 e. The molecule has 0 saturated heterocycles. The number of hydrogen-bond acceptors (Lipinski definition) is 5. The van der Waals surface area contributed by atoms with Gasteiger partial charge in [-0.3, -0.25) is 4.57 Å². The largest absolute Gasteiger partial charge is 0.458 e. The smallest absolute Gasteiger partial charge is 0.260 e. The summed E-state index contributed by atoms with van der Waals surface area (Å²) in [5.41, 5.74) is 9.05. The first kappa shape index (κ1) is 26.4. The van der Waals surface area contributed by atoms with Crippen LogP contribution in [-0.4, -0.2) is 21.2 Å². The van der Waals surface area contributed by atoms with E-state index >= 15 is 0 Å². The summed E-state index contributed by atoms with van der Waals surface area (Å²) in [5, 5.41) is 2.27. The summed E-state index contributed by atoms with van der Waals surface area (Å²) in [5.74, 6) is 4.74. The van der Waals surface area contributed by atoms with E-state index in [0.717, 1.165) is 83.7 Å². The standard InChI is InChI=1S/C40H28BN3O3/c1-40(2,3)24-17-18-42-37(20-24)44-30-11-6-4-9-25(30)26-21-36-28(22-31(26)44)41-27-19-23(39-43-29-10-5-7-12-33(29)47-39)15-16-32(27)45-34-13-8-14-35(46-36)38(34)41/h4-22H,1-3H3. The molecule has 2 aliphatic rings. The molecule has 0 atom stereocenters. The molecule has 0 N–H and O–H groups in total. The molecule has 5 aromatic carbocycles. The maximum absolute atomic E-state index is 6.69. The van der Waals surface area contributed by atoms with Crippen molar-refractivity contribution >= 4 is 56.0 Å². The van der Waals surface area contributed by atoms with Crippen LogP contribution in [0, 0.1) is 0 Å². The lowest BCUT2D eigenvalue weighted by atomic mass is 9.34. The van der Waals surface area contributed by atoms with Gasteiger partial charge in [0.2, 0.25) is 5.89 Å². The molecular formula is C40H28BN3O3. The van der Waals surface area contributed by atoms with E-state index in [9.17, 15) is 0 Å². The number of aromatic nitrogens is 3. The Morgan fingerprint density at radius 2 is 1.45 bits per heavy atom. The normalized spacial score (nSPS) is 13.3. The Balaban J connectivity index is 1.23. The number of rotatable bonds is 2. The molecule has 0 spiro atoms. The van der Waals surface area contributed by atoms with Gasteiger partial charge in [-0.1, -0.05) is 63.2 Å². The van der Waals surface area contributed by atoms with Crippen LogP contribution < -0.4 is 25.9 Å². The number of benzene rings is 5. The molecule has 0 aliphatic carbocycles. The SMILES string of the molecule is CC(C)(C)c1ccnc(-n2c3ccccc3c3cc4c(cc32)B2c3cc(-c5nc6ccccc6o5)ccc3Oc3cccc(c32)O4)c1. The van der Waals surface area contributed by atoms with Crippen LogP contribution in [0.5, 0.6) is 23.0 Å². The molecular weight excluding hydrogens is 581 g/mol. The second-order valence-corrected chi connectivity index (χ2v) is 13.5. The first-order valence-electron chi connectivity index (χ1n) is 15.9. The van der Waals surface area contributed by atoms with Crippen molar-refractivity contribution in [1.29, 1.82) is 0 Å². The van der Waals surface area contributed by atoms with Crippen molar-refractivity contribution in [2.75, 3.05) is 0 Å². The molecule has 0 fully saturated rings. The van der Waals surface area contributed by atoms with Crippen LogP contribution >= 0.6 is 0 Å². The van der Waals surface area contributed by atoms with Crippen molar-refractivity contribution in [3.05, 3.63) is 121 Å². The molecule has 10 rings (SSSR count). The van der Waals surface area contributed by atoms with E-state index in [1.54, 1.807) is 0 Å². The first-order chi connectivity index (χ1) is 22.9. The summed E-state index contributed by atoms with van der Waals surface area (Å²) in [4.78, 5) is 9.70. The zero-order chi connectivity index (χ0) is 31.4. The molecule has 2 aliphatic heterocycles. The van der Waals surface area contributed by atoms with Crippen LogP contribution in [-0.2, 0) is 5.41 Å². The highest BCUT2D eigenvalue weighted by molar-refractivity contribution is 6.98. The number of pyridine rings is 1. The van der Waals surface area contributed by atoms with E-state index < -0.39 is 0 Å². The molecule has 47 heavy (non-hydrogen) atoms. The Bertz CT molecular complexity index is 2560. The highest BCUT2D eigenvalue weighted by Gasteiger charge is 2.41. The van der Waals surface area contributed by atoms with E-state index in [2.05, 4.69) is 79.9 Å². The minimum atomic E-state index is -0.122. The van der Waals surface area contributed by atoms with Crippen molar-refractivity contribution in [3.63, 3.8) is 0 Å². The number of oxazole rings is 1. The minimum absolute atomic E-state index is 0.0121. The third-order valence-corrected chi connectivity index (χ3v) is 9.57. The van der Waals surface area contributed by atoms with Gasteiger partial charge in [-0.15, -0.1) is 0 Å². The molecule has 5 heterocycles. The van der Waals surface area contributed by atoms with Gasteiger partial charge in [0.1, 0.15) is 34.3 Å². The van der Waals surface area contributed by atoms with Crippen molar-refractivity contribution in [2.45, 2.75) is 26.2 Å². The summed E-state index contributed by atoms with van der Waals surface area (Å²) in [6.45, 7) is 6.58. The lowest BCUT2D eigenvalue weighted by Crippen LogP contribution is -2.57. The predicted octanol–water partition coefficient (Wildman–Crippen LogP) is 8.01. The quantitative estimate of drug-likeness (QED) is 0.186. The van der Waals surface area contributed by atoms with Crippen molar-refractivity contribution in [3.8, 4) is 40.3 Å². The summed E-state index contributed by atoms with van der Waals surface area (Å²) in [7, 11) is 0. The number of ether oxygens (including phenoxy) is 2. The van der Waals surface area contributed by atoms with Gasteiger partial charge in [0.15, 0.2) is 5.58 Å². The van der Waals surface area contributed by atoms with Gasteiger partial charge < -0.3 is 13.9 Å². The highest BCUT2D eigenvalue weighted by atomic mass is 16.5. The Morgan fingerprint density at radius 3 is 2.30 bits per heavy atom. The summed E-state index contributed by atoms with van der Waals surface area (Å²) >= 11 is 0. The number of para-hydroxylation sites is 3. The van der Waals surface area contributed by atoms with Gasteiger partial charge in [-0.25, -0.2) is 9.97 Å². The van der Waals surface area contributed by atoms with Gasteiger partial charge in [-0.2, -0.15) is 0 Å². The van der Waals surface area contributed by atoms with Gasteiger partial charge in [0.05, 0.1) is 11.0 Å². The van der Waals surface area contributed by atoms with E-state index in [1.165, 1.54) is 5.56 Å². The van der Waals surface area contributed by atoms with Gasteiger partial charge in [0, 0.05) is 28.0 Å². The molecule has 8 aromatic rings. The van der Waals surface area contributed by atoms with Crippen LogP contribution in [0.4, 0.5) is 0 Å². The summed E-state index contributed by atoms with van der Waals surface area (Å²) in [6, 6.07) is 37.5. The van der Waals surface area contributed by atoms with Crippen LogP contribution in [0.3, 0.4) is 0 Å². The molecule has 0 unspecified atom stereocenters. The van der Waals surface area contributed by atoms with Crippen molar-refractivity contribution in [2.24, 2.45) is 0 Å². The zero-order valence-electron chi connectivity index (χ0n) is 26.1. The molecule has 224 valence electrons. The molecule has 6 nitrogen and oxygen atoms in total. The lowest BCUT2D eigenvalue weighted by molar-refractivity contribution is 0.465. The molecule has 0 radical (unpaired) electrons. The van der Waals surface area contributed by atoms with Gasteiger partial charge in [0.25, 0.3) is 6.71 Å². The predicted molar refractivity (Wildman–Crippen MR) is 188 cm³/mol. The van der Waals surface area contributed by atoms with Crippen molar-refractivity contribution in [1.82, 2.24) is 14.5 Å². The fourth-order valence-corrected chi connectivity index (χ4v) is 7.28. The second kappa shape index (κ2) is 9.36. The Kier molecular flexibility index (Phi) is 5.26. The lowest BCUT2D eigenvalue weighted by Gasteiger charge is -2.33. The number of fused-ring (bicyclic) bond motifs is 8. The van der Waals surface area contributed by atoms with Crippen molar-refractivity contribution < 1.29 is 13.9 Å². The average Bonchev–Trinajstić information content (AvgIpc) is 3.66. The first-order valence-corrected chi connectivity index (χ1v) is 15.9. The Hall–Kier alpha value is -5.82. The number of hydrogen-bond donors (Lipinski definition) is 0. The summed E-state index contributed by atoms with van der Waals surface area (Å²) < 4.78 is 21.7. The molecule has 0 saturated carbocycles. The monoisotopic (exact) mass is 609 g/mol. The van der Waals surface area contributed by atoms with E-state index in [-0.39, 0.29) is 12.1 Å². The third-order valence-electron chi connectivity index (χ3n) is 9.57. The minimum Gasteiger partial charge on any atom is -0.458 e. The average molecular weight is 609 g/mol. The van der Waals surface area contributed by atoms with Gasteiger partial charge in [-0.05, 0) is 88.6 Å². The van der Waals surface area contributed by atoms with Crippen LogP contribution in [0.2, 0.25) is 0 Å². The molecule has 0 bridgehead atoms. The topological polar surface area (TPSA) is 62.3 Å². The Morgan fingerprint density at radius 1 is 0.660 bits per heavy atom.